The van der Waals surface area contributed by atoms with Gasteiger partial charge in [-0.15, -0.1) is 0 Å². The number of nitrogens with one attached hydrogen (secondary N) is 1. The minimum Gasteiger partial charge on any atom is -0.489 e. The summed E-state index contributed by atoms with van der Waals surface area (Å²) in [6.45, 7) is 10.0. The molecular weight excluding hydrogens is 268 g/mol. The van der Waals surface area contributed by atoms with E-state index in [0.29, 0.717) is 24.4 Å². The highest BCUT2D eigenvalue weighted by Gasteiger charge is 2.23. The first-order valence-corrected chi connectivity index (χ1v) is 7.29. The number of hydrogen-bond acceptors (Lipinski definition) is 4. The number of aliphatic hydroxyl groups is 1. The lowest BCUT2D eigenvalue weighted by atomic mass is 9.87. The lowest BCUT2D eigenvalue weighted by Gasteiger charge is -2.26. The van der Waals surface area contributed by atoms with Gasteiger partial charge in [0.1, 0.15) is 0 Å². The minimum atomic E-state index is -0.397. The van der Waals surface area contributed by atoms with Gasteiger partial charge in [-0.2, -0.15) is 0 Å². The summed E-state index contributed by atoms with van der Waals surface area (Å²) in [4.78, 5) is 16.4. The molecule has 1 heterocycles. The lowest BCUT2D eigenvalue weighted by Crippen LogP contribution is -2.36. The van der Waals surface area contributed by atoms with Crippen LogP contribution in [0.3, 0.4) is 0 Å². The van der Waals surface area contributed by atoms with Gasteiger partial charge < -0.3 is 15.2 Å². The molecule has 1 amide bonds. The van der Waals surface area contributed by atoms with E-state index in [1.165, 1.54) is 0 Å². The second kappa shape index (κ2) is 7.41. The van der Waals surface area contributed by atoms with Crippen molar-refractivity contribution in [1.29, 1.82) is 0 Å². The van der Waals surface area contributed by atoms with Crippen LogP contribution in [0.25, 0.3) is 0 Å². The Hall–Kier alpha value is -1.62. The van der Waals surface area contributed by atoms with Gasteiger partial charge in [0.25, 0.3) is 5.91 Å². The summed E-state index contributed by atoms with van der Waals surface area (Å²) in [7, 11) is 0. The van der Waals surface area contributed by atoms with E-state index in [2.05, 4.69) is 10.3 Å². The van der Waals surface area contributed by atoms with Gasteiger partial charge in [0.15, 0.2) is 11.4 Å². The fourth-order valence-corrected chi connectivity index (χ4v) is 2.19. The molecule has 118 valence electrons. The molecule has 0 fully saturated rings. The van der Waals surface area contributed by atoms with E-state index in [4.69, 9.17) is 4.74 Å². The van der Waals surface area contributed by atoms with Crippen LogP contribution in [0.4, 0.5) is 0 Å². The Morgan fingerprint density at radius 2 is 2.10 bits per heavy atom. The van der Waals surface area contributed by atoms with Crippen LogP contribution in [0.2, 0.25) is 0 Å². The van der Waals surface area contributed by atoms with E-state index < -0.39 is 6.10 Å². The van der Waals surface area contributed by atoms with Gasteiger partial charge in [0, 0.05) is 12.7 Å². The second-order valence-electron chi connectivity index (χ2n) is 6.42. The Morgan fingerprint density at radius 3 is 2.67 bits per heavy atom. The Labute approximate surface area is 126 Å². The number of carbonyl (C=O) groups is 1. The molecule has 0 saturated carbocycles. The van der Waals surface area contributed by atoms with Gasteiger partial charge in [-0.3, -0.25) is 4.79 Å². The number of pyridine rings is 1. The van der Waals surface area contributed by atoms with Crippen molar-refractivity contribution in [3.8, 4) is 5.75 Å². The van der Waals surface area contributed by atoms with E-state index in [1.54, 1.807) is 25.3 Å². The second-order valence-corrected chi connectivity index (χ2v) is 6.42. The highest BCUT2D eigenvalue weighted by Crippen LogP contribution is 2.22. The molecule has 0 aliphatic carbocycles. The predicted octanol–water partition coefficient (Wildman–Crippen LogP) is 2.40. The maximum Gasteiger partial charge on any atom is 0.273 e. The van der Waals surface area contributed by atoms with Crippen LogP contribution in [0.5, 0.6) is 5.75 Å². The Balaban J connectivity index is 2.72. The van der Waals surface area contributed by atoms with Crippen LogP contribution in [0.1, 0.15) is 51.5 Å². The number of rotatable bonds is 7. The van der Waals surface area contributed by atoms with E-state index in [1.807, 2.05) is 27.7 Å². The number of amides is 1. The molecule has 1 atom stereocenters. The van der Waals surface area contributed by atoms with Crippen molar-refractivity contribution in [2.45, 2.75) is 53.2 Å². The van der Waals surface area contributed by atoms with E-state index in [-0.39, 0.29) is 17.4 Å². The Kier molecular flexibility index (Phi) is 6.15. The molecule has 1 aromatic rings. The maximum absolute atomic E-state index is 12.3. The number of hydrogen-bond donors (Lipinski definition) is 2. The Morgan fingerprint density at radius 1 is 1.43 bits per heavy atom. The van der Waals surface area contributed by atoms with Gasteiger partial charge in [0.2, 0.25) is 0 Å². The molecule has 21 heavy (non-hydrogen) atoms. The summed E-state index contributed by atoms with van der Waals surface area (Å²) in [5.74, 6) is 0.225. The summed E-state index contributed by atoms with van der Waals surface area (Å²) in [6, 6.07) is 3.48. The minimum absolute atomic E-state index is 0.0209. The summed E-state index contributed by atoms with van der Waals surface area (Å²) in [5, 5.41) is 12.3. The zero-order chi connectivity index (χ0) is 16.0. The number of nitrogens with zero attached hydrogens (tertiary/aromatic N) is 1. The van der Waals surface area contributed by atoms with Crippen molar-refractivity contribution in [3.63, 3.8) is 0 Å². The highest BCUT2D eigenvalue weighted by atomic mass is 16.5. The van der Waals surface area contributed by atoms with Crippen LogP contribution >= 0.6 is 0 Å². The molecule has 1 aromatic heterocycles. The largest absolute Gasteiger partial charge is 0.489 e. The molecule has 0 radical (unpaired) electrons. The molecule has 0 saturated heterocycles. The fourth-order valence-electron chi connectivity index (χ4n) is 2.19. The molecule has 1 unspecified atom stereocenters. The summed E-state index contributed by atoms with van der Waals surface area (Å²) >= 11 is 0. The number of aliphatic hydroxyl groups excluding tert-OH is 1. The molecule has 5 nitrogen and oxygen atoms in total. The molecule has 0 aromatic carbocycles. The van der Waals surface area contributed by atoms with Crippen molar-refractivity contribution in [3.05, 3.63) is 24.0 Å². The van der Waals surface area contributed by atoms with Crippen LogP contribution in [0.15, 0.2) is 18.3 Å². The first kappa shape index (κ1) is 17.4. The third-order valence-electron chi connectivity index (χ3n) is 2.92. The molecule has 1 rings (SSSR count). The fraction of sp³-hybridized carbons (Fsp3) is 0.625. The number of aromatic nitrogens is 1. The third-order valence-corrected chi connectivity index (χ3v) is 2.92. The van der Waals surface area contributed by atoms with Crippen LogP contribution in [0, 0.1) is 5.41 Å². The van der Waals surface area contributed by atoms with Gasteiger partial charge in [0.05, 0.1) is 12.2 Å². The van der Waals surface area contributed by atoms with Crippen molar-refractivity contribution in [2.75, 3.05) is 6.54 Å². The zero-order valence-corrected chi connectivity index (χ0v) is 13.5. The maximum atomic E-state index is 12.3. The quantitative estimate of drug-likeness (QED) is 0.810. The van der Waals surface area contributed by atoms with Crippen LogP contribution < -0.4 is 10.1 Å². The third kappa shape index (κ3) is 6.12. The summed E-state index contributed by atoms with van der Waals surface area (Å²) < 4.78 is 5.60. The van der Waals surface area contributed by atoms with Gasteiger partial charge in [-0.05, 0) is 44.7 Å². The Bertz CT molecular complexity index is 470. The normalized spacial score (nSPS) is 13.1. The van der Waals surface area contributed by atoms with Crippen molar-refractivity contribution < 1.29 is 14.6 Å². The van der Waals surface area contributed by atoms with E-state index in [0.717, 1.165) is 0 Å². The number of ether oxygens (including phenoxy) is 1. The molecule has 0 spiro atoms. The van der Waals surface area contributed by atoms with Crippen molar-refractivity contribution in [2.24, 2.45) is 5.41 Å². The zero-order valence-electron chi connectivity index (χ0n) is 13.5. The van der Waals surface area contributed by atoms with Gasteiger partial charge in [-0.1, -0.05) is 13.8 Å². The molecular formula is C16H26N2O3. The summed E-state index contributed by atoms with van der Waals surface area (Å²) in [5.41, 5.74) is 0.108. The molecule has 2 N–H and O–H groups in total. The van der Waals surface area contributed by atoms with Crippen LogP contribution in [-0.2, 0) is 0 Å². The predicted molar refractivity (Wildman–Crippen MR) is 82.4 cm³/mol. The molecule has 0 bridgehead atoms. The van der Waals surface area contributed by atoms with Gasteiger partial charge >= 0.3 is 0 Å². The van der Waals surface area contributed by atoms with Crippen LogP contribution in [-0.4, -0.2) is 34.8 Å². The molecule has 0 aliphatic heterocycles. The van der Waals surface area contributed by atoms with Crippen molar-refractivity contribution >= 4 is 5.91 Å². The SMILES string of the molecule is CC(O)CC(C)(C)CNC(=O)c1ncccc1OC(C)C. The first-order chi connectivity index (χ1) is 9.71. The van der Waals surface area contributed by atoms with E-state index >= 15 is 0 Å². The summed E-state index contributed by atoms with van der Waals surface area (Å²) in [6.07, 6.45) is 1.77. The topological polar surface area (TPSA) is 71.5 Å². The number of carbonyl (C=O) groups excluding carboxylic acids is 1. The molecule has 5 heteroatoms. The van der Waals surface area contributed by atoms with E-state index in [9.17, 15) is 9.90 Å². The average molecular weight is 294 g/mol. The lowest BCUT2D eigenvalue weighted by molar-refractivity contribution is 0.0891. The highest BCUT2D eigenvalue weighted by molar-refractivity contribution is 5.94. The van der Waals surface area contributed by atoms with Gasteiger partial charge in [-0.25, -0.2) is 4.98 Å². The standard InChI is InChI=1S/C16H26N2O3/c1-11(2)21-13-7-6-8-17-14(13)15(20)18-10-16(4,5)9-12(3)19/h6-8,11-12,19H,9-10H2,1-5H3,(H,18,20). The van der Waals surface area contributed by atoms with Crippen molar-refractivity contribution in [1.82, 2.24) is 10.3 Å². The average Bonchev–Trinajstić information content (AvgIpc) is 2.34. The molecule has 0 aliphatic rings. The monoisotopic (exact) mass is 294 g/mol. The first-order valence-electron chi connectivity index (χ1n) is 7.29. The smallest absolute Gasteiger partial charge is 0.273 e.